The van der Waals surface area contributed by atoms with Gasteiger partial charge in [0.2, 0.25) is 0 Å². The van der Waals surface area contributed by atoms with Crippen LogP contribution in [0.1, 0.15) is 38.5 Å². The van der Waals surface area contributed by atoms with Crippen LogP contribution in [0.2, 0.25) is 0 Å². The second-order valence-corrected chi connectivity index (χ2v) is 9.90. The van der Waals surface area contributed by atoms with Crippen LogP contribution in [0.3, 0.4) is 0 Å². The van der Waals surface area contributed by atoms with E-state index in [4.69, 9.17) is 15.2 Å². The summed E-state index contributed by atoms with van der Waals surface area (Å²) in [5.74, 6) is 0. The summed E-state index contributed by atoms with van der Waals surface area (Å²) in [6.07, 6.45) is 6.88. The molecule has 0 saturated carbocycles. The molecule has 8 heteroatoms. The first-order valence-electron chi connectivity index (χ1n) is 12.3. The van der Waals surface area contributed by atoms with Crippen LogP contribution in [0.15, 0.2) is 48.5 Å². The lowest BCUT2D eigenvalue weighted by molar-refractivity contribution is -0.384. The third kappa shape index (κ3) is 4.83. The first-order valence-corrected chi connectivity index (χ1v) is 12.3. The molecule has 0 aromatic heterocycles. The van der Waals surface area contributed by atoms with Gasteiger partial charge in [-0.15, -0.1) is 0 Å². The summed E-state index contributed by atoms with van der Waals surface area (Å²) >= 11 is 0. The zero-order valence-corrected chi connectivity index (χ0v) is 19.7. The molecule has 4 aliphatic rings. The summed E-state index contributed by atoms with van der Waals surface area (Å²) in [4.78, 5) is 14.9. The molecule has 0 aliphatic carbocycles. The lowest BCUT2D eigenvalue weighted by Crippen LogP contribution is -2.52. The Hall–Kier alpha value is -2.84. The van der Waals surface area contributed by atoms with E-state index in [2.05, 4.69) is 21.9 Å². The maximum atomic E-state index is 10.6. The Labute approximate surface area is 200 Å². The average molecular weight is 467 g/mol. The molecular weight excluding hydrogens is 432 g/mol. The normalized spacial score (nSPS) is 22.4. The average Bonchev–Trinajstić information content (AvgIpc) is 2.83. The molecule has 34 heavy (non-hydrogen) atoms. The maximum Gasteiger partial charge on any atom is 0.269 e. The van der Waals surface area contributed by atoms with Crippen molar-refractivity contribution < 1.29 is 14.4 Å². The number of hydrogen-bond acceptors (Lipinski definition) is 7. The molecule has 0 radical (unpaired) electrons. The number of anilines is 3. The Bertz CT molecular complexity index is 967. The number of piperidine rings is 2. The van der Waals surface area contributed by atoms with E-state index < -0.39 is 0 Å². The number of nitro groups is 1. The fourth-order valence-corrected chi connectivity index (χ4v) is 5.39. The molecular formula is C26H34N4O4. The molecule has 2 N–H and O–H groups in total. The highest BCUT2D eigenvalue weighted by atomic mass is 16.6. The Morgan fingerprint density at radius 2 is 1.09 bits per heavy atom. The molecule has 182 valence electrons. The molecule has 6 rings (SSSR count). The molecule has 2 aromatic rings. The Morgan fingerprint density at radius 3 is 1.41 bits per heavy atom. The van der Waals surface area contributed by atoms with Crippen molar-refractivity contribution in [2.75, 3.05) is 54.9 Å². The minimum absolute atomic E-state index is 0.148. The number of nitrogens with two attached hydrogens (primary N) is 1. The van der Waals surface area contributed by atoms with Crippen molar-refractivity contribution in [2.24, 2.45) is 0 Å². The van der Waals surface area contributed by atoms with Gasteiger partial charge in [-0.25, -0.2) is 0 Å². The third-order valence-corrected chi connectivity index (χ3v) is 7.97. The first-order chi connectivity index (χ1) is 16.5. The third-order valence-electron chi connectivity index (χ3n) is 7.97. The number of nitrogen functional groups attached to an aromatic ring is 1. The molecule has 2 aromatic carbocycles. The van der Waals surface area contributed by atoms with Crippen LogP contribution in [-0.4, -0.2) is 55.5 Å². The molecule has 4 heterocycles. The predicted octanol–water partition coefficient (Wildman–Crippen LogP) is 4.38. The summed E-state index contributed by atoms with van der Waals surface area (Å²) in [6, 6.07) is 15.0. The van der Waals surface area contributed by atoms with E-state index in [1.54, 1.807) is 12.1 Å². The van der Waals surface area contributed by atoms with Crippen LogP contribution in [0, 0.1) is 10.1 Å². The minimum Gasteiger partial charge on any atom is -0.399 e. The van der Waals surface area contributed by atoms with E-state index in [1.807, 2.05) is 24.3 Å². The molecule has 2 spiro atoms. The van der Waals surface area contributed by atoms with Crippen molar-refractivity contribution in [2.45, 2.75) is 49.7 Å². The van der Waals surface area contributed by atoms with Gasteiger partial charge in [0, 0.05) is 55.4 Å². The zero-order chi connectivity index (χ0) is 23.6. The second-order valence-electron chi connectivity index (χ2n) is 9.90. The van der Waals surface area contributed by atoms with Crippen molar-refractivity contribution in [3.8, 4) is 0 Å². The predicted molar refractivity (Wildman–Crippen MR) is 133 cm³/mol. The van der Waals surface area contributed by atoms with Gasteiger partial charge in [0.25, 0.3) is 5.69 Å². The van der Waals surface area contributed by atoms with E-state index in [0.29, 0.717) is 0 Å². The van der Waals surface area contributed by atoms with Crippen LogP contribution < -0.4 is 15.5 Å². The van der Waals surface area contributed by atoms with Crippen LogP contribution >= 0.6 is 0 Å². The van der Waals surface area contributed by atoms with Crippen molar-refractivity contribution in [1.82, 2.24) is 0 Å². The van der Waals surface area contributed by atoms with Gasteiger partial charge >= 0.3 is 0 Å². The number of nitrogens with zero attached hydrogens (tertiary/aromatic N) is 3. The number of non-ortho nitro benzene ring substituents is 1. The molecule has 4 fully saturated rings. The lowest BCUT2D eigenvalue weighted by Gasteiger charge is -2.48. The van der Waals surface area contributed by atoms with Gasteiger partial charge in [0.05, 0.1) is 29.3 Å². The number of nitro benzene ring substituents is 1. The van der Waals surface area contributed by atoms with E-state index in [9.17, 15) is 10.1 Å². The lowest BCUT2D eigenvalue weighted by atomic mass is 9.84. The largest absolute Gasteiger partial charge is 0.399 e. The van der Waals surface area contributed by atoms with Gasteiger partial charge in [0.1, 0.15) is 0 Å². The summed E-state index contributed by atoms with van der Waals surface area (Å²) < 4.78 is 11.4. The van der Waals surface area contributed by atoms with Crippen LogP contribution in [-0.2, 0) is 9.47 Å². The molecule has 8 nitrogen and oxygen atoms in total. The molecule has 0 bridgehead atoms. The second kappa shape index (κ2) is 9.43. The van der Waals surface area contributed by atoms with E-state index >= 15 is 0 Å². The molecule has 0 unspecified atom stereocenters. The fraction of sp³-hybridized carbons (Fsp3) is 0.538. The van der Waals surface area contributed by atoms with Crippen LogP contribution in [0.25, 0.3) is 0 Å². The molecule has 4 saturated heterocycles. The Balaban J connectivity index is 0.000000142. The number of hydrogen-bond donors (Lipinski definition) is 1. The van der Waals surface area contributed by atoms with Gasteiger partial charge in [-0.1, -0.05) is 0 Å². The first kappa shape index (κ1) is 22.9. The summed E-state index contributed by atoms with van der Waals surface area (Å²) in [7, 11) is 0. The van der Waals surface area contributed by atoms with Gasteiger partial charge < -0.3 is 25.0 Å². The molecule has 0 atom stereocenters. The molecule has 0 amide bonds. The van der Waals surface area contributed by atoms with Crippen molar-refractivity contribution >= 4 is 22.7 Å². The van der Waals surface area contributed by atoms with Crippen molar-refractivity contribution in [3.63, 3.8) is 0 Å². The zero-order valence-electron chi connectivity index (χ0n) is 19.7. The van der Waals surface area contributed by atoms with Crippen LogP contribution in [0.4, 0.5) is 22.7 Å². The smallest absolute Gasteiger partial charge is 0.269 e. The fourth-order valence-electron chi connectivity index (χ4n) is 5.39. The van der Waals surface area contributed by atoms with Crippen molar-refractivity contribution in [3.05, 3.63) is 58.6 Å². The highest BCUT2D eigenvalue weighted by molar-refractivity contribution is 5.53. The highest BCUT2D eigenvalue weighted by Gasteiger charge is 2.42. The summed E-state index contributed by atoms with van der Waals surface area (Å²) in [6.45, 7) is 6.00. The molecule has 4 aliphatic heterocycles. The standard InChI is InChI=1S/C13H16N2O3.C13H18N2O/c16-15(17)12-3-1-11(2-4-12)14-8-5-13(6-9-14)7-10-18-13;14-11-1-3-12(4-2-11)15-8-5-13(6-9-15)7-10-16-13/h1-4H,5-10H2;1-4H,5-10,14H2. The van der Waals surface area contributed by atoms with Crippen LogP contribution in [0.5, 0.6) is 0 Å². The van der Waals surface area contributed by atoms with E-state index in [-0.39, 0.29) is 21.8 Å². The van der Waals surface area contributed by atoms with E-state index in [0.717, 1.165) is 76.5 Å². The highest BCUT2D eigenvalue weighted by Crippen LogP contribution is 2.39. The van der Waals surface area contributed by atoms with Gasteiger partial charge in [-0.2, -0.15) is 0 Å². The summed E-state index contributed by atoms with van der Waals surface area (Å²) in [5, 5.41) is 10.6. The number of ether oxygens (including phenoxy) is 2. The topological polar surface area (TPSA) is 94.1 Å². The van der Waals surface area contributed by atoms with Gasteiger partial charge in [-0.3, -0.25) is 10.1 Å². The minimum atomic E-state index is -0.364. The summed E-state index contributed by atoms with van der Waals surface area (Å²) in [5.41, 5.74) is 9.41. The van der Waals surface area contributed by atoms with Gasteiger partial charge in [0.15, 0.2) is 0 Å². The Kier molecular flexibility index (Phi) is 6.36. The number of benzene rings is 2. The SMILES string of the molecule is Nc1ccc(N2CCC3(CCO3)CC2)cc1.O=[N+]([O-])c1ccc(N2CCC3(CCO3)CC2)cc1. The monoisotopic (exact) mass is 466 g/mol. The maximum absolute atomic E-state index is 10.6. The number of rotatable bonds is 3. The Morgan fingerprint density at radius 1 is 0.706 bits per heavy atom. The quantitative estimate of drug-likeness (QED) is 0.407. The van der Waals surface area contributed by atoms with E-state index in [1.165, 1.54) is 18.5 Å². The van der Waals surface area contributed by atoms with Crippen molar-refractivity contribution in [1.29, 1.82) is 0 Å². The van der Waals surface area contributed by atoms with Gasteiger partial charge in [-0.05, 0) is 74.9 Å².